The van der Waals surface area contributed by atoms with Gasteiger partial charge in [-0.15, -0.1) is 0 Å². The molecule has 6 heteroatoms. The van der Waals surface area contributed by atoms with Crippen LogP contribution in [0.15, 0.2) is 18.2 Å². The summed E-state index contributed by atoms with van der Waals surface area (Å²) < 4.78 is 18.7. The smallest absolute Gasteiger partial charge is 0.311 e. The van der Waals surface area contributed by atoms with Crippen LogP contribution in [0.25, 0.3) is 0 Å². The monoisotopic (exact) mass is 307 g/mol. The molecule has 118 valence electrons. The van der Waals surface area contributed by atoms with Gasteiger partial charge in [0.05, 0.1) is 12.0 Å². The number of carboxylic acid groups (broad SMARTS) is 1. The molecule has 0 aliphatic carbocycles. The molecule has 1 N–H and O–H groups in total. The van der Waals surface area contributed by atoms with E-state index in [0.29, 0.717) is 37.3 Å². The second-order valence-electron chi connectivity index (χ2n) is 6.13. The van der Waals surface area contributed by atoms with Gasteiger partial charge in [-0.05, 0) is 37.1 Å². The van der Waals surface area contributed by atoms with Crippen LogP contribution in [0.4, 0.5) is 4.39 Å². The van der Waals surface area contributed by atoms with Gasteiger partial charge in [0.1, 0.15) is 5.82 Å². The number of aliphatic carboxylic acids is 1. The number of fused-ring (bicyclic) bond motifs is 1. The lowest BCUT2D eigenvalue weighted by Gasteiger charge is -2.33. The van der Waals surface area contributed by atoms with E-state index in [4.69, 9.17) is 4.74 Å². The Balaban J connectivity index is 1.85. The maximum absolute atomic E-state index is 13.3. The number of rotatable bonds is 2. The highest BCUT2D eigenvalue weighted by Crippen LogP contribution is 2.42. The van der Waals surface area contributed by atoms with Crippen LogP contribution in [0.3, 0.4) is 0 Å². The van der Waals surface area contributed by atoms with Crippen LogP contribution >= 0.6 is 0 Å². The number of aryl methyl sites for hydroxylation is 1. The van der Waals surface area contributed by atoms with Crippen LogP contribution < -0.4 is 0 Å². The highest BCUT2D eigenvalue weighted by Gasteiger charge is 2.54. The Morgan fingerprint density at radius 2 is 2.23 bits per heavy atom. The van der Waals surface area contributed by atoms with Crippen molar-refractivity contribution in [2.24, 2.45) is 11.3 Å². The van der Waals surface area contributed by atoms with Crippen molar-refractivity contribution in [3.05, 3.63) is 35.1 Å². The molecule has 2 fully saturated rings. The van der Waals surface area contributed by atoms with Crippen LogP contribution in [0.2, 0.25) is 0 Å². The largest absolute Gasteiger partial charge is 0.481 e. The molecular formula is C16H18FNO4. The van der Waals surface area contributed by atoms with Crippen molar-refractivity contribution in [1.29, 1.82) is 0 Å². The van der Waals surface area contributed by atoms with E-state index in [1.807, 2.05) is 0 Å². The van der Waals surface area contributed by atoms with Gasteiger partial charge in [0, 0.05) is 31.2 Å². The number of amides is 1. The van der Waals surface area contributed by atoms with Gasteiger partial charge in [0.25, 0.3) is 5.91 Å². The van der Waals surface area contributed by atoms with Gasteiger partial charge in [-0.3, -0.25) is 9.59 Å². The molecule has 0 bridgehead atoms. The van der Waals surface area contributed by atoms with Crippen LogP contribution in [0.5, 0.6) is 0 Å². The zero-order valence-electron chi connectivity index (χ0n) is 12.3. The molecule has 0 saturated carbocycles. The zero-order chi connectivity index (χ0) is 15.9. The van der Waals surface area contributed by atoms with Crippen molar-refractivity contribution < 1.29 is 23.8 Å². The number of hydrogen-bond donors (Lipinski definition) is 1. The van der Waals surface area contributed by atoms with Crippen LogP contribution in [-0.2, 0) is 9.53 Å². The predicted molar refractivity (Wildman–Crippen MR) is 76.0 cm³/mol. The van der Waals surface area contributed by atoms with Crippen molar-refractivity contribution in [3.8, 4) is 0 Å². The molecular weight excluding hydrogens is 289 g/mol. The highest BCUT2D eigenvalue weighted by atomic mass is 19.1. The highest BCUT2D eigenvalue weighted by molar-refractivity contribution is 5.95. The first-order valence-corrected chi connectivity index (χ1v) is 7.30. The quantitative estimate of drug-likeness (QED) is 0.903. The third-order valence-corrected chi connectivity index (χ3v) is 4.82. The number of halogens is 1. The van der Waals surface area contributed by atoms with Gasteiger partial charge in [0.2, 0.25) is 0 Å². The Hall–Kier alpha value is -1.95. The maximum Gasteiger partial charge on any atom is 0.311 e. The molecule has 1 aromatic rings. The number of nitrogens with zero attached hydrogens (tertiary/aromatic N) is 1. The number of ether oxygens (including phenoxy) is 1. The van der Waals surface area contributed by atoms with Crippen molar-refractivity contribution >= 4 is 11.9 Å². The predicted octanol–water partition coefficient (Wildman–Crippen LogP) is 1.70. The third-order valence-electron chi connectivity index (χ3n) is 4.82. The van der Waals surface area contributed by atoms with Crippen LogP contribution in [0.1, 0.15) is 22.3 Å². The topological polar surface area (TPSA) is 66.8 Å². The molecule has 22 heavy (non-hydrogen) atoms. The summed E-state index contributed by atoms with van der Waals surface area (Å²) in [6, 6.07) is 4.21. The minimum atomic E-state index is -0.914. The molecule has 2 atom stereocenters. The lowest BCUT2D eigenvalue weighted by Crippen LogP contribution is -2.45. The summed E-state index contributed by atoms with van der Waals surface area (Å²) in [5.41, 5.74) is -0.124. The van der Waals surface area contributed by atoms with Crippen molar-refractivity contribution in [2.75, 3.05) is 26.3 Å². The van der Waals surface area contributed by atoms with Gasteiger partial charge in [-0.25, -0.2) is 4.39 Å². The fraction of sp³-hybridized carbons (Fsp3) is 0.500. The fourth-order valence-corrected chi connectivity index (χ4v) is 3.41. The second-order valence-corrected chi connectivity index (χ2v) is 6.13. The molecule has 0 aromatic heterocycles. The molecule has 0 spiro atoms. The van der Waals surface area contributed by atoms with E-state index in [1.165, 1.54) is 18.2 Å². The average molecular weight is 307 g/mol. The number of carbonyl (C=O) groups is 2. The molecule has 2 aliphatic rings. The summed E-state index contributed by atoms with van der Waals surface area (Å²) >= 11 is 0. The van der Waals surface area contributed by atoms with Crippen LogP contribution in [-0.4, -0.2) is 48.2 Å². The number of carbonyl (C=O) groups excluding carboxylic acids is 1. The summed E-state index contributed by atoms with van der Waals surface area (Å²) in [5.74, 6) is -1.67. The second kappa shape index (κ2) is 5.35. The average Bonchev–Trinajstić information content (AvgIpc) is 2.90. The van der Waals surface area contributed by atoms with E-state index in [2.05, 4.69) is 0 Å². The number of likely N-dealkylation sites (tertiary alicyclic amines) is 1. The van der Waals surface area contributed by atoms with E-state index in [-0.39, 0.29) is 24.2 Å². The Bertz CT molecular complexity index is 633. The molecule has 3 rings (SSSR count). The molecule has 1 aromatic carbocycles. The molecule has 1 amide bonds. The summed E-state index contributed by atoms with van der Waals surface area (Å²) in [6.45, 7) is 2.91. The SMILES string of the molecule is Cc1cc(C(=O)N2C[C@H]3COCC[C@@]3(C(=O)O)C2)ccc1F. The standard InChI is InChI=1S/C16H18FNO4/c1-10-6-11(2-3-13(10)17)14(19)18-7-12-8-22-5-4-16(12,9-18)15(20)21/h2-3,6,12H,4-5,7-9H2,1H3,(H,20,21)/t12-,16+/m0/s1. The van der Waals surface area contributed by atoms with Gasteiger partial charge in [-0.2, -0.15) is 0 Å². The molecule has 2 saturated heterocycles. The van der Waals surface area contributed by atoms with Crippen molar-refractivity contribution in [1.82, 2.24) is 4.90 Å². The molecule has 2 aliphatic heterocycles. The van der Waals surface area contributed by atoms with E-state index in [9.17, 15) is 19.1 Å². The maximum atomic E-state index is 13.3. The summed E-state index contributed by atoms with van der Waals surface area (Å²) in [7, 11) is 0. The third kappa shape index (κ3) is 2.27. The summed E-state index contributed by atoms with van der Waals surface area (Å²) in [6.07, 6.45) is 0.416. The Labute approximate surface area is 127 Å². The number of hydrogen-bond acceptors (Lipinski definition) is 3. The Kier molecular flexibility index (Phi) is 3.64. The van der Waals surface area contributed by atoms with E-state index in [1.54, 1.807) is 11.8 Å². The first-order valence-electron chi connectivity index (χ1n) is 7.30. The molecule has 5 nitrogen and oxygen atoms in total. The lowest BCUT2D eigenvalue weighted by molar-refractivity contribution is -0.157. The summed E-state index contributed by atoms with van der Waals surface area (Å²) in [4.78, 5) is 25.9. The van der Waals surface area contributed by atoms with Crippen molar-refractivity contribution in [2.45, 2.75) is 13.3 Å². The Morgan fingerprint density at radius 3 is 2.86 bits per heavy atom. The van der Waals surface area contributed by atoms with Crippen LogP contribution in [0, 0.1) is 24.1 Å². The molecule has 2 heterocycles. The molecule has 0 unspecified atom stereocenters. The summed E-state index contributed by atoms with van der Waals surface area (Å²) in [5, 5.41) is 9.61. The van der Waals surface area contributed by atoms with Crippen molar-refractivity contribution in [3.63, 3.8) is 0 Å². The minimum Gasteiger partial charge on any atom is -0.481 e. The van der Waals surface area contributed by atoms with Gasteiger partial charge < -0.3 is 14.7 Å². The lowest BCUT2D eigenvalue weighted by atomic mass is 9.74. The first-order chi connectivity index (χ1) is 10.4. The first kappa shape index (κ1) is 15.0. The van der Waals surface area contributed by atoms with E-state index < -0.39 is 11.4 Å². The number of benzene rings is 1. The molecule has 0 radical (unpaired) electrons. The minimum absolute atomic E-state index is 0.186. The Morgan fingerprint density at radius 1 is 1.45 bits per heavy atom. The van der Waals surface area contributed by atoms with E-state index >= 15 is 0 Å². The van der Waals surface area contributed by atoms with E-state index in [0.717, 1.165) is 0 Å². The normalized spacial score (nSPS) is 27.5. The van der Waals surface area contributed by atoms with Gasteiger partial charge in [0.15, 0.2) is 0 Å². The van der Waals surface area contributed by atoms with Gasteiger partial charge >= 0.3 is 5.97 Å². The number of carboxylic acids is 1. The fourth-order valence-electron chi connectivity index (χ4n) is 3.41. The zero-order valence-corrected chi connectivity index (χ0v) is 12.3. The van der Waals surface area contributed by atoms with Gasteiger partial charge in [-0.1, -0.05) is 0 Å².